The largest absolute Gasteiger partial charge is 0.457 e. The van der Waals surface area contributed by atoms with Crippen LogP contribution in [0.25, 0.3) is 77.8 Å². The molecule has 5 heterocycles. The number of hydrogen-bond acceptors (Lipinski definition) is 6. The maximum Gasteiger partial charge on any atom is 0.137 e. The summed E-state index contributed by atoms with van der Waals surface area (Å²) >= 11 is 0. The van der Waals surface area contributed by atoms with Gasteiger partial charge in [-0.25, -0.2) is 9.97 Å². The van der Waals surface area contributed by atoms with Crippen LogP contribution in [0.4, 0.5) is 0 Å². The summed E-state index contributed by atoms with van der Waals surface area (Å²) in [5.74, 6) is 3.86. The maximum atomic E-state index is 8.77. The summed E-state index contributed by atoms with van der Waals surface area (Å²) in [6, 6.07) is 47.9. The van der Waals surface area contributed by atoms with Crippen LogP contribution in [0.3, 0.4) is 0 Å². The zero-order chi connectivity index (χ0) is 41.9. The van der Waals surface area contributed by atoms with E-state index < -0.39 is 0 Å². The number of hydrogen-bond donors (Lipinski definition) is 0. The number of rotatable bonds is 8. The topological polar surface area (TPSA) is 79.9 Å². The Morgan fingerprint density at radius 3 is 1.52 bits per heavy atom. The van der Waals surface area contributed by atoms with Gasteiger partial charge in [0.05, 0.1) is 48.6 Å². The summed E-state index contributed by atoms with van der Waals surface area (Å²) in [4.78, 5) is 18.9. The normalized spacial score (nSPS) is 12.0. The van der Waals surface area contributed by atoms with Gasteiger partial charge in [0.2, 0.25) is 0 Å². The van der Waals surface area contributed by atoms with Crippen molar-refractivity contribution >= 4 is 43.6 Å². The Morgan fingerprint density at radius 1 is 0.417 bits per heavy atom. The highest BCUT2D eigenvalue weighted by molar-refractivity contribution is 6.10. The molecule has 60 heavy (non-hydrogen) atoms. The molecule has 0 spiro atoms. The van der Waals surface area contributed by atoms with Crippen molar-refractivity contribution in [3.05, 3.63) is 194 Å². The molecule has 0 amide bonds. The maximum absolute atomic E-state index is 8.77. The number of aromatic nitrogens is 6. The van der Waals surface area contributed by atoms with E-state index in [-0.39, 0.29) is 12.1 Å². The van der Waals surface area contributed by atoms with Crippen LogP contribution in [-0.2, 0) is 0 Å². The Bertz CT molecular complexity index is 3540. The molecule has 0 bridgehead atoms. The van der Waals surface area contributed by atoms with E-state index in [0.717, 1.165) is 71.9 Å². The summed E-state index contributed by atoms with van der Waals surface area (Å²) in [6.07, 6.45) is 6.99. The quantitative estimate of drug-likeness (QED) is 0.153. The fourth-order valence-electron chi connectivity index (χ4n) is 8.01. The first-order valence-electron chi connectivity index (χ1n) is 20.7. The van der Waals surface area contributed by atoms with Crippen molar-refractivity contribution in [3.63, 3.8) is 0 Å². The Kier molecular flexibility index (Phi) is 7.89. The molecule has 0 atom stereocenters. The van der Waals surface area contributed by atoms with Crippen LogP contribution in [0.1, 0.15) is 13.9 Å². The summed E-state index contributed by atoms with van der Waals surface area (Å²) in [6.45, 7) is 4.12. The molecule has 286 valence electrons. The van der Waals surface area contributed by atoms with E-state index in [1.807, 2.05) is 91.3 Å². The molecule has 11 aromatic rings. The van der Waals surface area contributed by atoms with Gasteiger partial charge in [0.25, 0.3) is 0 Å². The minimum Gasteiger partial charge on any atom is -0.457 e. The van der Waals surface area contributed by atoms with Crippen LogP contribution < -0.4 is 9.47 Å². The SMILES string of the molecule is [2H]c1cc([2H])c(-c2cnc(-c3cccc(Oc4ccc5c6ccccc6n(-c6cc(C)ccn6)c5c4)c3)cn2)cc1Oc1ccc2c3ccccc3n(-c3cc(C)ccn3)c2c1. The van der Waals surface area contributed by atoms with E-state index in [1.165, 1.54) is 6.07 Å². The highest BCUT2D eigenvalue weighted by atomic mass is 16.5. The predicted octanol–water partition coefficient (Wildman–Crippen LogP) is 13.0. The zero-order valence-corrected chi connectivity index (χ0v) is 32.7. The summed E-state index contributed by atoms with van der Waals surface area (Å²) in [7, 11) is 0. The van der Waals surface area contributed by atoms with Gasteiger partial charge in [-0.1, -0.05) is 60.6 Å². The van der Waals surface area contributed by atoms with Crippen molar-refractivity contribution in [3.8, 4) is 57.1 Å². The molecule has 8 nitrogen and oxygen atoms in total. The van der Waals surface area contributed by atoms with E-state index in [4.69, 9.17) is 27.2 Å². The Balaban J connectivity index is 0.875. The molecule has 11 rings (SSSR count). The number of aryl methyl sites for hydroxylation is 2. The van der Waals surface area contributed by atoms with Crippen LogP contribution in [0.5, 0.6) is 23.0 Å². The lowest BCUT2D eigenvalue weighted by Gasteiger charge is -2.11. The minimum absolute atomic E-state index is 0.0913. The van der Waals surface area contributed by atoms with Gasteiger partial charge in [-0.05, 0) is 110 Å². The number of nitrogens with zero attached hydrogens (tertiary/aromatic N) is 6. The van der Waals surface area contributed by atoms with E-state index in [0.29, 0.717) is 39.9 Å². The molecule has 5 aromatic heterocycles. The van der Waals surface area contributed by atoms with Gasteiger partial charge in [0.15, 0.2) is 0 Å². The van der Waals surface area contributed by atoms with E-state index in [2.05, 4.69) is 82.6 Å². The summed E-state index contributed by atoms with van der Waals surface area (Å²) in [5, 5.41) is 4.43. The average molecular weight is 779 g/mol. The fourth-order valence-corrected chi connectivity index (χ4v) is 8.01. The van der Waals surface area contributed by atoms with Crippen LogP contribution in [0, 0.1) is 13.8 Å². The third-order valence-corrected chi connectivity index (χ3v) is 10.8. The molecule has 8 heteroatoms. The number of ether oxygens (including phenoxy) is 2. The molecule has 6 aromatic carbocycles. The molecule has 0 unspecified atom stereocenters. The fraction of sp³-hybridized carbons (Fsp3) is 0.0385. The van der Waals surface area contributed by atoms with Crippen LogP contribution in [0.2, 0.25) is 0 Å². The van der Waals surface area contributed by atoms with Crippen molar-refractivity contribution in [2.24, 2.45) is 0 Å². The second-order valence-electron chi connectivity index (χ2n) is 14.8. The van der Waals surface area contributed by atoms with Crippen molar-refractivity contribution in [1.29, 1.82) is 0 Å². The van der Waals surface area contributed by atoms with Crippen LogP contribution in [0.15, 0.2) is 182 Å². The van der Waals surface area contributed by atoms with Crippen molar-refractivity contribution in [2.75, 3.05) is 0 Å². The molecule has 0 saturated heterocycles. The van der Waals surface area contributed by atoms with Crippen molar-refractivity contribution in [1.82, 2.24) is 29.1 Å². The van der Waals surface area contributed by atoms with Crippen LogP contribution in [-0.4, -0.2) is 29.1 Å². The van der Waals surface area contributed by atoms with Gasteiger partial charge >= 0.3 is 0 Å². The Hall–Kier alpha value is -8.10. The molecule has 0 aliphatic heterocycles. The highest BCUT2D eigenvalue weighted by Crippen LogP contribution is 2.37. The third kappa shape index (κ3) is 6.27. The zero-order valence-electron chi connectivity index (χ0n) is 34.7. The second kappa shape index (κ2) is 14.4. The lowest BCUT2D eigenvalue weighted by atomic mass is 10.1. The standard InChI is InChI=1S/C52H36N6O2/c1-33-21-23-53-51(25-33)57-47-15-5-3-13-41(47)43-19-17-39(29-49(43)57)59-37-11-7-9-35(27-37)45-31-56-46(32-55-45)36-10-8-12-38(28-36)60-40-18-20-44-42-14-4-6-16-48(42)58(50(44)30-40)52-26-34(2)22-24-54-52/h3-32H,1-2H3/i9D,11D. The second-order valence-corrected chi connectivity index (χ2v) is 14.8. The predicted molar refractivity (Wildman–Crippen MR) is 240 cm³/mol. The Morgan fingerprint density at radius 2 is 0.933 bits per heavy atom. The molecule has 0 radical (unpaired) electrons. The average Bonchev–Trinajstić information content (AvgIpc) is 3.79. The highest BCUT2D eigenvalue weighted by Gasteiger charge is 2.16. The number of benzene rings is 6. The third-order valence-electron chi connectivity index (χ3n) is 10.8. The lowest BCUT2D eigenvalue weighted by molar-refractivity contribution is 0.483. The Labute approximate surface area is 348 Å². The monoisotopic (exact) mass is 778 g/mol. The van der Waals surface area contributed by atoms with Gasteiger partial charge < -0.3 is 9.47 Å². The minimum atomic E-state index is 0.0913. The van der Waals surface area contributed by atoms with Gasteiger partial charge in [-0.2, -0.15) is 0 Å². The molecule has 0 fully saturated rings. The lowest BCUT2D eigenvalue weighted by Crippen LogP contribution is -1.97. The summed E-state index contributed by atoms with van der Waals surface area (Å²) < 4.78 is 34.7. The first kappa shape index (κ1) is 32.9. The van der Waals surface area contributed by atoms with Crippen molar-refractivity contribution < 1.29 is 12.2 Å². The number of fused-ring (bicyclic) bond motifs is 6. The molecular weight excluding hydrogens is 741 g/mol. The van der Waals surface area contributed by atoms with E-state index >= 15 is 0 Å². The van der Waals surface area contributed by atoms with Gasteiger partial charge in [0.1, 0.15) is 34.6 Å². The molecule has 0 aliphatic rings. The first-order chi connectivity index (χ1) is 30.3. The van der Waals surface area contributed by atoms with Gasteiger partial charge in [0, 0.05) is 57.2 Å². The smallest absolute Gasteiger partial charge is 0.137 e. The number of pyridine rings is 2. The van der Waals surface area contributed by atoms with Gasteiger partial charge in [-0.3, -0.25) is 19.1 Å². The number of para-hydroxylation sites is 2. The van der Waals surface area contributed by atoms with E-state index in [9.17, 15) is 0 Å². The molecule has 0 saturated carbocycles. The molecule has 0 N–H and O–H groups in total. The van der Waals surface area contributed by atoms with Crippen molar-refractivity contribution in [2.45, 2.75) is 13.8 Å². The van der Waals surface area contributed by atoms with Gasteiger partial charge in [-0.15, -0.1) is 0 Å². The summed E-state index contributed by atoms with van der Waals surface area (Å²) in [5.41, 5.74) is 8.75. The van der Waals surface area contributed by atoms with Crippen LogP contribution >= 0.6 is 0 Å². The molecular formula is C52H36N6O2. The van der Waals surface area contributed by atoms with E-state index in [1.54, 1.807) is 18.5 Å². The molecule has 0 aliphatic carbocycles. The first-order valence-corrected chi connectivity index (χ1v) is 19.7.